The number of hydrogen-bond acceptors (Lipinski definition) is 2. The number of amides is 1. The highest BCUT2D eigenvalue weighted by molar-refractivity contribution is 5.80. The molecule has 0 fully saturated rings. The number of benzene rings is 1. The van der Waals surface area contributed by atoms with Crippen molar-refractivity contribution in [3.63, 3.8) is 0 Å². The second-order valence-electron chi connectivity index (χ2n) is 4.65. The average Bonchev–Trinajstić information content (AvgIpc) is 2.36. The normalized spacial score (nSPS) is 14.7. The van der Waals surface area contributed by atoms with Gasteiger partial charge >= 0.3 is 6.18 Å². The Morgan fingerprint density at radius 2 is 1.90 bits per heavy atom. The van der Waals surface area contributed by atoms with Crippen molar-refractivity contribution in [2.24, 2.45) is 0 Å². The summed E-state index contributed by atoms with van der Waals surface area (Å²) in [6.07, 6.45) is -4.91. The topological polar surface area (TPSA) is 38.3 Å². The summed E-state index contributed by atoms with van der Waals surface area (Å²) in [6, 6.07) is 4.95. The highest BCUT2D eigenvalue weighted by Gasteiger charge is 2.33. The molecule has 0 bridgehead atoms. The Balaban J connectivity index is 2.76. The zero-order valence-corrected chi connectivity index (χ0v) is 11.6. The number of methoxy groups -OCH3 is 1. The number of hydrogen-bond donors (Lipinski definition) is 1. The van der Waals surface area contributed by atoms with Crippen LogP contribution >= 0.6 is 0 Å². The van der Waals surface area contributed by atoms with E-state index in [-0.39, 0.29) is 17.9 Å². The van der Waals surface area contributed by atoms with Crippen molar-refractivity contribution in [1.82, 2.24) is 5.32 Å². The predicted octanol–water partition coefficient (Wildman–Crippen LogP) is 2.79. The lowest BCUT2D eigenvalue weighted by molar-refractivity contribution is -0.138. The third-order valence-corrected chi connectivity index (χ3v) is 2.96. The molecule has 3 nitrogen and oxygen atoms in total. The Hall–Kier alpha value is -1.56. The first kappa shape index (κ1) is 16.5. The summed E-state index contributed by atoms with van der Waals surface area (Å²) >= 11 is 0. The van der Waals surface area contributed by atoms with E-state index in [2.05, 4.69) is 5.32 Å². The van der Waals surface area contributed by atoms with E-state index in [1.165, 1.54) is 19.2 Å². The molecule has 1 N–H and O–H groups in total. The molecule has 0 heterocycles. The molecule has 1 rings (SSSR count). The zero-order chi connectivity index (χ0) is 15.3. The van der Waals surface area contributed by atoms with Crippen LogP contribution in [0.15, 0.2) is 24.3 Å². The van der Waals surface area contributed by atoms with Gasteiger partial charge in [-0.05, 0) is 31.9 Å². The summed E-state index contributed by atoms with van der Waals surface area (Å²) < 4.78 is 43.4. The van der Waals surface area contributed by atoms with E-state index in [1.807, 2.05) is 0 Å². The lowest BCUT2D eigenvalue weighted by Crippen LogP contribution is -2.40. The van der Waals surface area contributed by atoms with Crippen molar-refractivity contribution < 1.29 is 22.7 Å². The fourth-order valence-electron chi connectivity index (χ4n) is 1.82. The molecule has 6 heteroatoms. The lowest BCUT2D eigenvalue weighted by atomic mass is 10.0. The smallest absolute Gasteiger partial charge is 0.372 e. The second-order valence-corrected chi connectivity index (χ2v) is 4.65. The monoisotopic (exact) mass is 289 g/mol. The number of halogens is 3. The van der Waals surface area contributed by atoms with Gasteiger partial charge in [0.1, 0.15) is 6.10 Å². The molecule has 0 aromatic heterocycles. The van der Waals surface area contributed by atoms with Gasteiger partial charge in [-0.2, -0.15) is 13.2 Å². The Morgan fingerprint density at radius 3 is 2.45 bits per heavy atom. The van der Waals surface area contributed by atoms with Crippen LogP contribution in [-0.2, 0) is 22.1 Å². The largest absolute Gasteiger partial charge is 0.416 e. The molecule has 20 heavy (non-hydrogen) atoms. The zero-order valence-electron chi connectivity index (χ0n) is 11.6. The maximum absolute atomic E-state index is 12.8. The number of carbonyl (C=O) groups is 1. The quantitative estimate of drug-likeness (QED) is 0.905. The van der Waals surface area contributed by atoms with Crippen LogP contribution in [0.4, 0.5) is 13.2 Å². The Kier molecular flexibility index (Phi) is 5.56. The maximum atomic E-state index is 12.8. The number of carbonyl (C=O) groups excluding carboxylic acids is 1. The van der Waals surface area contributed by atoms with E-state index in [1.54, 1.807) is 19.9 Å². The molecule has 1 aromatic rings. The Morgan fingerprint density at radius 1 is 1.30 bits per heavy atom. The summed E-state index contributed by atoms with van der Waals surface area (Å²) in [6.45, 7) is 3.24. The van der Waals surface area contributed by atoms with E-state index < -0.39 is 23.9 Å². The molecule has 0 saturated carbocycles. The minimum absolute atomic E-state index is 0.109. The van der Waals surface area contributed by atoms with Gasteiger partial charge in [-0.3, -0.25) is 4.79 Å². The summed E-state index contributed by atoms with van der Waals surface area (Å²) in [4.78, 5) is 11.6. The first-order chi connectivity index (χ1) is 9.25. The Bertz CT molecular complexity index is 460. The van der Waals surface area contributed by atoms with Crippen molar-refractivity contribution in [3.05, 3.63) is 35.4 Å². The van der Waals surface area contributed by atoms with Crippen LogP contribution in [0.2, 0.25) is 0 Å². The van der Waals surface area contributed by atoms with Crippen LogP contribution in [0, 0.1) is 0 Å². The molecule has 0 spiro atoms. The van der Waals surface area contributed by atoms with E-state index in [4.69, 9.17) is 4.74 Å². The van der Waals surface area contributed by atoms with Crippen molar-refractivity contribution in [3.8, 4) is 0 Å². The Labute approximate surface area is 116 Å². The van der Waals surface area contributed by atoms with Gasteiger partial charge < -0.3 is 10.1 Å². The van der Waals surface area contributed by atoms with Crippen molar-refractivity contribution in [1.29, 1.82) is 0 Å². The number of ether oxygens (including phenoxy) is 1. The van der Waals surface area contributed by atoms with Crippen LogP contribution in [0.3, 0.4) is 0 Å². The van der Waals surface area contributed by atoms with Crippen LogP contribution in [0.5, 0.6) is 0 Å². The fourth-order valence-corrected chi connectivity index (χ4v) is 1.82. The third-order valence-electron chi connectivity index (χ3n) is 2.96. The molecule has 2 atom stereocenters. The summed E-state index contributed by atoms with van der Waals surface area (Å²) in [7, 11) is 1.40. The predicted molar refractivity (Wildman–Crippen MR) is 69.2 cm³/mol. The summed E-state index contributed by atoms with van der Waals surface area (Å²) in [5.74, 6) is -0.343. The fraction of sp³-hybridized carbons (Fsp3) is 0.500. The van der Waals surface area contributed by atoms with Gasteiger partial charge in [-0.15, -0.1) is 0 Å². The molecule has 0 saturated heterocycles. The van der Waals surface area contributed by atoms with Gasteiger partial charge in [0, 0.05) is 13.2 Å². The highest BCUT2D eigenvalue weighted by atomic mass is 19.4. The van der Waals surface area contributed by atoms with Crippen molar-refractivity contribution in [2.75, 3.05) is 7.11 Å². The van der Waals surface area contributed by atoms with Crippen molar-refractivity contribution in [2.45, 2.75) is 38.6 Å². The van der Waals surface area contributed by atoms with Crippen molar-refractivity contribution >= 4 is 5.91 Å². The molecule has 1 aromatic carbocycles. The van der Waals surface area contributed by atoms with Gasteiger partial charge in [-0.25, -0.2) is 0 Å². The molecule has 112 valence electrons. The van der Waals surface area contributed by atoms with Gasteiger partial charge in [0.15, 0.2) is 0 Å². The molecule has 0 unspecified atom stereocenters. The first-order valence-electron chi connectivity index (χ1n) is 6.24. The minimum atomic E-state index is -4.39. The molecule has 1 amide bonds. The second kappa shape index (κ2) is 6.74. The minimum Gasteiger partial charge on any atom is -0.372 e. The summed E-state index contributed by atoms with van der Waals surface area (Å²) in [5.41, 5.74) is -0.501. The van der Waals surface area contributed by atoms with Crippen LogP contribution in [-0.4, -0.2) is 25.2 Å². The lowest BCUT2D eigenvalue weighted by Gasteiger charge is -2.19. The molecule has 0 radical (unpaired) electrons. The number of nitrogens with one attached hydrogen (secondary N) is 1. The van der Waals surface area contributed by atoms with Gasteiger partial charge in [0.25, 0.3) is 0 Å². The standard InChI is InChI=1S/C14H18F3NO2/c1-9(18-13(19)10(2)20-3)8-11-6-4-5-7-12(11)14(15,16)17/h4-7,9-10H,8H2,1-3H3,(H,18,19)/t9-,10-/m1/s1. The average molecular weight is 289 g/mol. The van der Waals surface area contributed by atoms with Crippen LogP contribution in [0.1, 0.15) is 25.0 Å². The first-order valence-corrected chi connectivity index (χ1v) is 6.24. The van der Waals surface area contributed by atoms with Gasteiger partial charge in [0.05, 0.1) is 5.56 Å². The molecule has 0 aliphatic carbocycles. The molecular weight excluding hydrogens is 271 g/mol. The molecule has 0 aliphatic rings. The van der Waals surface area contributed by atoms with E-state index >= 15 is 0 Å². The van der Waals surface area contributed by atoms with E-state index in [0.717, 1.165) is 6.07 Å². The SMILES string of the molecule is CO[C@H](C)C(=O)N[C@H](C)Cc1ccccc1C(F)(F)F. The maximum Gasteiger partial charge on any atom is 0.416 e. The molecule has 0 aliphatic heterocycles. The van der Waals surface area contributed by atoms with Crippen LogP contribution < -0.4 is 5.32 Å². The van der Waals surface area contributed by atoms with Gasteiger partial charge in [0.2, 0.25) is 5.91 Å². The summed E-state index contributed by atoms with van der Waals surface area (Å²) in [5, 5.41) is 2.63. The number of alkyl halides is 3. The third kappa shape index (κ3) is 4.52. The van der Waals surface area contributed by atoms with E-state index in [9.17, 15) is 18.0 Å². The molecular formula is C14H18F3NO2. The van der Waals surface area contributed by atoms with E-state index in [0.29, 0.717) is 0 Å². The number of rotatable bonds is 5. The van der Waals surface area contributed by atoms with Gasteiger partial charge in [-0.1, -0.05) is 18.2 Å². The van der Waals surface area contributed by atoms with Crippen LogP contribution in [0.25, 0.3) is 0 Å². The highest BCUT2D eigenvalue weighted by Crippen LogP contribution is 2.32.